The molecule has 0 radical (unpaired) electrons. The summed E-state index contributed by atoms with van der Waals surface area (Å²) >= 11 is 6.12. The molecule has 0 aliphatic rings. The summed E-state index contributed by atoms with van der Waals surface area (Å²) in [6.07, 6.45) is 6.22. The van der Waals surface area contributed by atoms with Gasteiger partial charge in [-0.25, -0.2) is 13.4 Å². The van der Waals surface area contributed by atoms with Crippen LogP contribution in [0.15, 0.2) is 61.2 Å². The van der Waals surface area contributed by atoms with E-state index in [0.29, 0.717) is 10.7 Å². The molecular formula is C20H21ClN4O3S. The van der Waals surface area contributed by atoms with E-state index in [1.54, 1.807) is 30.7 Å². The number of carbonyl (C=O) groups excluding carboxylic acids is 1. The summed E-state index contributed by atoms with van der Waals surface area (Å²) in [7, 11) is -3.67. The van der Waals surface area contributed by atoms with E-state index in [1.165, 1.54) is 0 Å². The van der Waals surface area contributed by atoms with Crippen LogP contribution in [0.5, 0.6) is 0 Å². The van der Waals surface area contributed by atoms with Crippen LogP contribution in [0.4, 0.5) is 5.69 Å². The summed E-state index contributed by atoms with van der Waals surface area (Å²) in [5.74, 6) is -0.424. The van der Waals surface area contributed by atoms with E-state index >= 15 is 0 Å². The van der Waals surface area contributed by atoms with Crippen molar-refractivity contribution >= 4 is 33.2 Å². The molecule has 1 aromatic heterocycles. The average molecular weight is 433 g/mol. The summed E-state index contributed by atoms with van der Waals surface area (Å²) in [4.78, 5) is 16.6. The molecule has 0 fully saturated rings. The molecule has 9 heteroatoms. The lowest BCUT2D eigenvalue weighted by atomic mass is 10.1. The molecule has 2 aromatic carbocycles. The van der Waals surface area contributed by atoms with Gasteiger partial charge in [-0.3, -0.25) is 9.10 Å². The highest BCUT2D eigenvalue weighted by Crippen LogP contribution is 2.24. The lowest BCUT2D eigenvalue weighted by Gasteiger charge is -2.22. The van der Waals surface area contributed by atoms with Gasteiger partial charge >= 0.3 is 0 Å². The molecule has 0 aliphatic heterocycles. The van der Waals surface area contributed by atoms with Gasteiger partial charge in [0.25, 0.3) is 0 Å². The van der Waals surface area contributed by atoms with Gasteiger partial charge in [-0.05, 0) is 36.2 Å². The van der Waals surface area contributed by atoms with Gasteiger partial charge in [0, 0.05) is 24.0 Å². The number of nitrogens with zero attached hydrogens (tertiary/aromatic N) is 3. The molecule has 3 rings (SSSR count). The van der Waals surface area contributed by atoms with Crippen molar-refractivity contribution in [2.75, 3.05) is 17.1 Å². The zero-order valence-corrected chi connectivity index (χ0v) is 17.6. The van der Waals surface area contributed by atoms with Gasteiger partial charge in [0.1, 0.15) is 6.54 Å². The Morgan fingerprint density at radius 3 is 2.66 bits per heavy atom. The van der Waals surface area contributed by atoms with E-state index < -0.39 is 15.9 Å². The molecule has 3 aromatic rings. The van der Waals surface area contributed by atoms with Gasteiger partial charge in [-0.2, -0.15) is 0 Å². The molecule has 0 unspecified atom stereocenters. The number of rotatable bonds is 7. The Labute approximate surface area is 175 Å². The molecule has 1 heterocycles. The number of benzene rings is 2. The number of hydrogen-bond donors (Lipinski definition) is 1. The fourth-order valence-corrected chi connectivity index (χ4v) is 3.85. The van der Waals surface area contributed by atoms with Crippen LogP contribution >= 0.6 is 11.6 Å². The fourth-order valence-electron chi connectivity index (χ4n) is 2.83. The highest BCUT2D eigenvalue weighted by molar-refractivity contribution is 7.92. The summed E-state index contributed by atoms with van der Waals surface area (Å²) in [5.41, 5.74) is 2.93. The maximum absolute atomic E-state index is 12.5. The molecule has 29 heavy (non-hydrogen) atoms. The topological polar surface area (TPSA) is 84.3 Å². The number of hydrogen-bond acceptors (Lipinski definition) is 4. The number of nitrogens with one attached hydrogen (secondary N) is 1. The van der Waals surface area contributed by atoms with Crippen LogP contribution in [0.25, 0.3) is 5.69 Å². The molecule has 0 aliphatic carbocycles. The van der Waals surface area contributed by atoms with Gasteiger partial charge in [-0.1, -0.05) is 35.9 Å². The lowest BCUT2D eigenvalue weighted by molar-refractivity contribution is -0.119. The van der Waals surface area contributed by atoms with Crippen molar-refractivity contribution in [3.8, 4) is 5.69 Å². The number of aryl methyl sites for hydroxylation is 1. The number of anilines is 1. The summed E-state index contributed by atoms with van der Waals surface area (Å²) in [5, 5.41) is 3.22. The summed E-state index contributed by atoms with van der Waals surface area (Å²) in [6.45, 7) is 1.73. The Balaban J connectivity index is 1.74. The average Bonchev–Trinajstić information content (AvgIpc) is 3.21. The molecule has 0 spiro atoms. The number of aromatic nitrogens is 2. The molecule has 0 atom stereocenters. The van der Waals surface area contributed by atoms with E-state index in [9.17, 15) is 13.2 Å². The van der Waals surface area contributed by atoms with Gasteiger partial charge in [0.15, 0.2) is 0 Å². The molecule has 0 saturated heterocycles. The molecule has 0 saturated carbocycles. The summed E-state index contributed by atoms with van der Waals surface area (Å²) in [6, 6.07) is 12.5. The van der Waals surface area contributed by atoms with Crippen LogP contribution in [0.3, 0.4) is 0 Å². The van der Waals surface area contributed by atoms with Gasteiger partial charge in [-0.15, -0.1) is 0 Å². The number of para-hydroxylation sites is 1. The number of amides is 1. The van der Waals surface area contributed by atoms with Crippen molar-refractivity contribution in [3.63, 3.8) is 0 Å². The van der Waals surface area contributed by atoms with Crippen molar-refractivity contribution in [2.24, 2.45) is 0 Å². The first-order valence-electron chi connectivity index (χ1n) is 8.82. The normalized spacial score (nSPS) is 11.3. The molecule has 1 N–H and O–H groups in total. The monoisotopic (exact) mass is 432 g/mol. The van der Waals surface area contributed by atoms with Crippen LogP contribution in [-0.4, -0.2) is 36.7 Å². The Bertz CT molecular complexity index is 1110. The third kappa shape index (κ3) is 5.16. The Kier molecular flexibility index (Phi) is 6.24. The second-order valence-corrected chi connectivity index (χ2v) is 8.89. The van der Waals surface area contributed by atoms with Crippen molar-refractivity contribution in [2.45, 2.75) is 13.5 Å². The lowest BCUT2D eigenvalue weighted by Crippen LogP contribution is -2.40. The minimum absolute atomic E-state index is 0.249. The maximum Gasteiger partial charge on any atom is 0.241 e. The number of halogens is 1. The first-order chi connectivity index (χ1) is 13.8. The van der Waals surface area contributed by atoms with E-state index in [4.69, 9.17) is 11.6 Å². The minimum Gasteiger partial charge on any atom is -0.350 e. The molecule has 0 bridgehead atoms. The van der Waals surface area contributed by atoms with E-state index in [1.807, 2.05) is 42.0 Å². The van der Waals surface area contributed by atoms with Crippen LogP contribution in [0.1, 0.15) is 11.1 Å². The van der Waals surface area contributed by atoms with Crippen LogP contribution in [0, 0.1) is 6.92 Å². The Hall–Kier alpha value is -2.84. The predicted octanol–water partition coefficient (Wildman–Crippen LogP) is 2.92. The predicted molar refractivity (Wildman–Crippen MR) is 114 cm³/mol. The van der Waals surface area contributed by atoms with Crippen molar-refractivity contribution in [1.29, 1.82) is 0 Å². The number of imidazole rings is 1. The number of sulfonamides is 1. The minimum atomic E-state index is -3.67. The SMILES string of the molecule is Cc1ccc(N(CC(=O)NCc2ccccc2-n2ccnc2)S(C)(=O)=O)cc1Cl. The summed E-state index contributed by atoms with van der Waals surface area (Å²) < 4.78 is 27.4. The highest BCUT2D eigenvalue weighted by Gasteiger charge is 2.21. The number of carbonyl (C=O) groups is 1. The third-order valence-corrected chi connectivity index (χ3v) is 5.93. The first-order valence-corrected chi connectivity index (χ1v) is 11.0. The van der Waals surface area contributed by atoms with Crippen LogP contribution in [0.2, 0.25) is 5.02 Å². The standard InChI is InChI=1S/C20H21ClN4O3S/c1-15-7-8-17(11-18(15)21)25(29(2,27)28)13-20(26)23-12-16-5-3-4-6-19(16)24-10-9-22-14-24/h3-11,14H,12-13H2,1-2H3,(H,23,26). The maximum atomic E-state index is 12.5. The second kappa shape index (κ2) is 8.67. The zero-order chi connectivity index (χ0) is 21.0. The molecule has 1 amide bonds. The molecule has 152 valence electrons. The van der Waals surface area contributed by atoms with E-state index in [2.05, 4.69) is 10.3 Å². The molecular weight excluding hydrogens is 412 g/mol. The van der Waals surface area contributed by atoms with Crippen molar-refractivity contribution in [1.82, 2.24) is 14.9 Å². The second-order valence-electron chi connectivity index (χ2n) is 6.58. The smallest absolute Gasteiger partial charge is 0.241 e. The van der Waals surface area contributed by atoms with E-state index in [-0.39, 0.29) is 13.1 Å². The zero-order valence-electron chi connectivity index (χ0n) is 16.0. The Morgan fingerprint density at radius 1 is 1.24 bits per heavy atom. The quantitative estimate of drug-likeness (QED) is 0.622. The van der Waals surface area contributed by atoms with Gasteiger partial charge in [0.2, 0.25) is 15.9 Å². The van der Waals surface area contributed by atoms with E-state index in [0.717, 1.165) is 27.4 Å². The Morgan fingerprint density at radius 2 is 2.00 bits per heavy atom. The highest BCUT2D eigenvalue weighted by atomic mass is 35.5. The van der Waals surface area contributed by atoms with Crippen molar-refractivity contribution < 1.29 is 13.2 Å². The van der Waals surface area contributed by atoms with Gasteiger partial charge in [0.05, 0.1) is 24.0 Å². The van der Waals surface area contributed by atoms with Gasteiger partial charge < -0.3 is 9.88 Å². The molecule has 7 nitrogen and oxygen atoms in total. The van der Waals surface area contributed by atoms with Crippen molar-refractivity contribution in [3.05, 3.63) is 77.3 Å². The fraction of sp³-hybridized carbons (Fsp3) is 0.200. The third-order valence-electron chi connectivity index (χ3n) is 4.38. The first kappa shape index (κ1) is 20.9. The largest absolute Gasteiger partial charge is 0.350 e. The van der Waals surface area contributed by atoms with Crippen LogP contribution in [-0.2, 0) is 21.4 Å². The van der Waals surface area contributed by atoms with Crippen LogP contribution < -0.4 is 9.62 Å².